The fourth-order valence-electron chi connectivity index (χ4n) is 4.32. The molecule has 0 saturated carbocycles. The number of nitro benzene ring substituents is 1. The fraction of sp³-hybridized carbons (Fsp3) is 0.407. The van der Waals surface area contributed by atoms with Crippen molar-refractivity contribution in [2.75, 3.05) is 20.2 Å². The van der Waals surface area contributed by atoms with E-state index in [0.29, 0.717) is 30.8 Å². The second kappa shape index (κ2) is 11.8. The van der Waals surface area contributed by atoms with Gasteiger partial charge in [-0.05, 0) is 36.6 Å². The lowest BCUT2D eigenvalue weighted by atomic mass is 9.96. The average Bonchev–Trinajstić information content (AvgIpc) is 3.38. The molecule has 10 heteroatoms. The molecule has 4 rings (SSSR count). The SMILES string of the molecule is COc1ccc(CSC(C)(C)CC(=O)N2CCC(c3nc(-c4ccc(Cl)c([N+](=O)[O-])c4)cs3)CC2)cc1. The van der Waals surface area contributed by atoms with Crippen LogP contribution in [0.5, 0.6) is 5.75 Å². The second-order valence-electron chi connectivity index (χ2n) is 9.72. The highest BCUT2D eigenvalue weighted by Gasteiger charge is 2.30. The van der Waals surface area contributed by atoms with Gasteiger partial charge in [-0.3, -0.25) is 14.9 Å². The molecule has 0 N–H and O–H groups in total. The summed E-state index contributed by atoms with van der Waals surface area (Å²) in [5.74, 6) is 2.16. The summed E-state index contributed by atoms with van der Waals surface area (Å²) in [4.78, 5) is 30.6. The molecule has 0 aliphatic carbocycles. The summed E-state index contributed by atoms with van der Waals surface area (Å²) in [6.45, 7) is 5.68. The van der Waals surface area contributed by atoms with Crippen LogP contribution in [0.4, 0.5) is 5.69 Å². The third-order valence-corrected chi connectivity index (χ3v) is 9.25. The second-order valence-corrected chi connectivity index (χ2v) is 12.7. The zero-order valence-electron chi connectivity index (χ0n) is 21.1. The Morgan fingerprint density at radius 2 is 1.95 bits per heavy atom. The molecule has 1 aromatic heterocycles. The molecule has 3 aromatic rings. The minimum absolute atomic E-state index is 0.114. The first kappa shape index (κ1) is 27.4. The number of halogens is 1. The Hall–Kier alpha value is -2.62. The number of likely N-dealkylation sites (tertiary alicyclic amines) is 1. The van der Waals surface area contributed by atoms with E-state index in [-0.39, 0.29) is 27.3 Å². The number of rotatable bonds is 9. The van der Waals surface area contributed by atoms with Crippen molar-refractivity contribution in [2.24, 2.45) is 0 Å². The van der Waals surface area contributed by atoms with Gasteiger partial charge in [0, 0.05) is 52.9 Å². The molecule has 37 heavy (non-hydrogen) atoms. The van der Waals surface area contributed by atoms with E-state index in [1.54, 1.807) is 36.3 Å². The number of benzene rings is 2. The van der Waals surface area contributed by atoms with Gasteiger partial charge in [-0.25, -0.2) is 4.98 Å². The number of hydrogen-bond acceptors (Lipinski definition) is 7. The first-order valence-corrected chi connectivity index (χ1v) is 14.3. The van der Waals surface area contributed by atoms with Crippen LogP contribution >= 0.6 is 34.7 Å². The van der Waals surface area contributed by atoms with Crippen molar-refractivity contribution < 1.29 is 14.5 Å². The van der Waals surface area contributed by atoms with Crippen molar-refractivity contribution in [2.45, 2.75) is 49.5 Å². The zero-order valence-corrected chi connectivity index (χ0v) is 23.5. The number of piperidine rings is 1. The van der Waals surface area contributed by atoms with Crippen LogP contribution in [0.3, 0.4) is 0 Å². The van der Waals surface area contributed by atoms with Crippen molar-refractivity contribution in [3.05, 3.63) is 73.6 Å². The van der Waals surface area contributed by atoms with Gasteiger partial charge in [0.15, 0.2) is 0 Å². The lowest BCUT2D eigenvalue weighted by Crippen LogP contribution is -2.40. The summed E-state index contributed by atoms with van der Waals surface area (Å²) in [6.07, 6.45) is 2.22. The molecular weight excluding hydrogens is 530 g/mol. The quantitative estimate of drug-likeness (QED) is 0.204. The Bertz CT molecular complexity index is 1250. The summed E-state index contributed by atoms with van der Waals surface area (Å²) in [7, 11) is 1.66. The molecule has 1 saturated heterocycles. The fourth-order valence-corrected chi connectivity index (χ4v) is 6.49. The molecule has 0 spiro atoms. The normalized spacial score (nSPS) is 14.5. The van der Waals surface area contributed by atoms with Crippen LogP contribution < -0.4 is 4.74 Å². The number of amides is 1. The van der Waals surface area contributed by atoms with Crippen molar-refractivity contribution >= 4 is 46.3 Å². The minimum atomic E-state index is -0.481. The highest BCUT2D eigenvalue weighted by molar-refractivity contribution is 7.99. The summed E-state index contributed by atoms with van der Waals surface area (Å²) in [5, 5.41) is 14.3. The zero-order chi connectivity index (χ0) is 26.6. The molecule has 2 heterocycles. The number of carbonyl (C=O) groups excluding carboxylic acids is 1. The van der Waals surface area contributed by atoms with Crippen molar-refractivity contribution in [1.82, 2.24) is 9.88 Å². The van der Waals surface area contributed by atoms with E-state index in [0.717, 1.165) is 29.4 Å². The lowest BCUT2D eigenvalue weighted by molar-refractivity contribution is -0.384. The lowest BCUT2D eigenvalue weighted by Gasteiger charge is -2.33. The molecule has 2 aromatic carbocycles. The first-order chi connectivity index (χ1) is 17.6. The average molecular weight is 560 g/mol. The maximum Gasteiger partial charge on any atom is 0.288 e. The summed E-state index contributed by atoms with van der Waals surface area (Å²) < 4.78 is 5.05. The van der Waals surface area contributed by atoms with Crippen LogP contribution in [0.2, 0.25) is 5.02 Å². The number of nitro groups is 1. The third kappa shape index (κ3) is 7.03. The highest BCUT2D eigenvalue weighted by Crippen LogP contribution is 2.37. The number of carbonyl (C=O) groups is 1. The molecule has 1 fully saturated rings. The third-order valence-electron chi connectivity index (χ3n) is 6.52. The Kier molecular flexibility index (Phi) is 8.77. The molecule has 7 nitrogen and oxygen atoms in total. The van der Waals surface area contributed by atoms with E-state index in [9.17, 15) is 14.9 Å². The monoisotopic (exact) mass is 559 g/mol. The van der Waals surface area contributed by atoms with Gasteiger partial charge in [0.05, 0.1) is 22.7 Å². The predicted molar refractivity (Wildman–Crippen MR) is 151 cm³/mol. The number of hydrogen-bond donors (Lipinski definition) is 0. The Morgan fingerprint density at radius 1 is 1.24 bits per heavy atom. The summed E-state index contributed by atoms with van der Waals surface area (Å²) >= 11 is 9.30. The topological polar surface area (TPSA) is 85.6 Å². The molecular formula is C27H30ClN3O4S2. The van der Waals surface area contributed by atoms with E-state index in [4.69, 9.17) is 21.3 Å². The van der Waals surface area contributed by atoms with Crippen LogP contribution in [0, 0.1) is 10.1 Å². The first-order valence-electron chi connectivity index (χ1n) is 12.1. The van der Waals surface area contributed by atoms with E-state index in [1.807, 2.05) is 22.4 Å². The van der Waals surface area contributed by atoms with Crippen molar-refractivity contribution in [1.29, 1.82) is 0 Å². The largest absolute Gasteiger partial charge is 0.497 e. The van der Waals surface area contributed by atoms with Gasteiger partial charge in [-0.2, -0.15) is 11.8 Å². The number of thioether (sulfide) groups is 1. The standard InChI is InChI=1S/C27H30ClN3O4S2/c1-27(2,37-16-18-4-7-21(35-3)8-5-18)15-25(32)30-12-10-19(11-13-30)26-29-23(17-36-26)20-6-9-22(28)24(14-20)31(33)34/h4-9,14,17,19H,10-13,15-16H2,1-3H3. The van der Waals surface area contributed by atoms with Gasteiger partial charge >= 0.3 is 0 Å². The van der Waals surface area contributed by atoms with E-state index in [1.165, 1.54) is 17.7 Å². The van der Waals surface area contributed by atoms with Crippen LogP contribution in [0.15, 0.2) is 47.8 Å². The number of aromatic nitrogens is 1. The van der Waals surface area contributed by atoms with Crippen molar-refractivity contribution in [3.63, 3.8) is 0 Å². The molecule has 0 radical (unpaired) electrons. The molecule has 0 unspecified atom stereocenters. The smallest absolute Gasteiger partial charge is 0.288 e. The number of thiazole rings is 1. The van der Waals surface area contributed by atoms with Crippen molar-refractivity contribution in [3.8, 4) is 17.0 Å². The number of nitrogens with zero attached hydrogens (tertiary/aromatic N) is 3. The predicted octanol–water partition coefficient (Wildman–Crippen LogP) is 7.19. The Morgan fingerprint density at radius 3 is 2.59 bits per heavy atom. The summed E-state index contributed by atoms with van der Waals surface area (Å²) in [5.41, 5.74) is 2.49. The summed E-state index contributed by atoms with van der Waals surface area (Å²) in [6, 6.07) is 12.8. The molecule has 1 aliphatic rings. The van der Waals surface area contributed by atoms with E-state index >= 15 is 0 Å². The maximum absolute atomic E-state index is 13.1. The van der Waals surface area contributed by atoms with E-state index in [2.05, 4.69) is 26.0 Å². The van der Waals surface area contributed by atoms with Gasteiger partial charge in [-0.1, -0.05) is 43.6 Å². The molecule has 0 bridgehead atoms. The molecule has 196 valence electrons. The van der Waals surface area contributed by atoms with E-state index < -0.39 is 4.92 Å². The minimum Gasteiger partial charge on any atom is -0.497 e. The van der Waals surface area contributed by atoms with Gasteiger partial charge in [0.25, 0.3) is 5.69 Å². The Balaban J connectivity index is 1.29. The molecule has 1 amide bonds. The van der Waals surface area contributed by atoms with Crippen LogP contribution in [0.25, 0.3) is 11.3 Å². The molecule has 1 aliphatic heterocycles. The van der Waals surface area contributed by atoms with Gasteiger partial charge in [0.2, 0.25) is 5.91 Å². The molecule has 0 atom stereocenters. The Labute approximate surface area is 230 Å². The van der Waals surface area contributed by atoms with Crippen LogP contribution in [-0.4, -0.2) is 45.7 Å². The van der Waals surface area contributed by atoms with Gasteiger partial charge in [-0.15, -0.1) is 11.3 Å². The number of methoxy groups -OCH3 is 1. The maximum atomic E-state index is 13.1. The van der Waals surface area contributed by atoms with Gasteiger partial charge < -0.3 is 9.64 Å². The number of ether oxygens (including phenoxy) is 1. The van der Waals surface area contributed by atoms with Gasteiger partial charge in [0.1, 0.15) is 10.8 Å². The van der Waals surface area contributed by atoms with Crippen LogP contribution in [-0.2, 0) is 10.5 Å². The van der Waals surface area contributed by atoms with Crippen LogP contribution in [0.1, 0.15) is 49.6 Å². The highest BCUT2D eigenvalue weighted by atomic mass is 35.5.